The smallest absolute Gasteiger partial charge is 0.410 e. The van der Waals surface area contributed by atoms with E-state index in [2.05, 4.69) is 9.97 Å². The molecule has 0 fully saturated rings. The van der Waals surface area contributed by atoms with E-state index < -0.39 is 5.60 Å². The molecule has 160 valence electrons. The van der Waals surface area contributed by atoms with Crippen LogP contribution < -0.4 is 9.47 Å². The number of amides is 1. The third-order valence-electron chi connectivity index (χ3n) is 4.60. The van der Waals surface area contributed by atoms with Gasteiger partial charge in [-0.05, 0) is 44.9 Å². The summed E-state index contributed by atoms with van der Waals surface area (Å²) >= 11 is 0. The molecule has 7 heteroatoms. The van der Waals surface area contributed by atoms with Crippen molar-refractivity contribution in [2.75, 3.05) is 20.2 Å². The zero-order valence-electron chi connectivity index (χ0n) is 18.3. The van der Waals surface area contributed by atoms with Gasteiger partial charge in [0.05, 0.1) is 13.7 Å². The number of carbonyl (C=O) groups is 1. The molecule has 3 rings (SSSR count). The number of aryl methyl sites for hydroxylation is 1. The van der Waals surface area contributed by atoms with Crippen LogP contribution in [0.4, 0.5) is 4.79 Å². The highest BCUT2D eigenvalue weighted by atomic mass is 16.6. The molecule has 0 bridgehead atoms. The molecule has 0 saturated carbocycles. The van der Waals surface area contributed by atoms with E-state index in [4.69, 9.17) is 14.2 Å². The van der Waals surface area contributed by atoms with Crippen LogP contribution in [0.1, 0.15) is 44.6 Å². The third kappa shape index (κ3) is 5.49. The van der Waals surface area contributed by atoms with Crippen molar-refractivity contribution < 1.29 is 19.0 Å². The van der Waals surface area contributed by atoms with Crippen molar-refractivity contribution in [3.05, 3.63) is 53.5 Å². The second kappa shape index (κ2) is 9.15. The first kappa shape index (κ1) is 21.6. The van der Waals surface area contributed by atoms with Gasteiger partial charge < -0.3 is 19.1 Å². The molecule has 2 aromatic rings. The molecular weight excluding hydrogens is 382 g/mol. The van der Waals surface area contributed by atoms with Crippen molar-refractivity contribution in [3.8, 4) is 11.6 Å². The van der Waals surface area contributed by atoms with Crippen LogP contribution in [0.3, 0.4) is 0 Å². The van der Waals surface area contributed by atoms with E-state index in [1.807, 2.05) is 58.0 Å². The van der Waals surface area contributed by atoms with Gasteiger partial charge in [-0.3, -0.25) is 0 Å². The van der Waals surface area contributed by atoms with Gasteiger partial charge in [0, 0.05) is 23.9 Å². The highest BCUT2D eigenvalue weighted by Gasteiger charge is 2.27. The minimum absolute atomic E-state index is 0.338. The second-order valence-corrected chi connectivity index (χ2v) is 8.10. The van der Waals surface area contributed by atoms with Gasteiger partial charge in [0.15, 0.2) is 5.82 Å². The van der Waals surface area contributed by atoms with Crippen molar-refractivity contribution in [2.45, 2.75) is 46.3 Å². The molecule has 7 nitrogen and oxygen atoms in total. The lowest BCUT2D eigenvalue weighted by Gasteiger charge is -2.24. The molecule has 0 N–H and O–H groups in total. The maximum Gasteiger partial charge on any atom is 0.410 e. The number of carbonyl (C=O) groups excluding carboxylic acids is 1. The predicted octanol–water partition coefficient (Wildman–Crippen LogP) is 4.26. The van der Waals surface area contributed by atoms with E-state index in [-0.39, 0.29) is 6.09 Å². The fourth-order valence-electron chi connectivity index (χ4n) is 2.97. The highest BCUT2D eigenvalue weighted by molar-refractivity contribution is 5.75. The Morgan fingerprint density at radius 2 is 1.93 bits per heavy atom. The lowest BCUT2D eigenvalue weighted by Crippen LogP contribution is -2.35. The van der Waals surface area contributed by atoms with Crippen LogP contribution in [0.2, 0.25) is 0 Å². The summed E-state index contributed by atoms with van der Waals surface area (Å²) in [5.41, 5.74) is 2.32. The van der Waals surface area contributed by atoms with Gasteiger partial charge in [-0.25, -0.2) is 9.78 Å². The van der Waals surface area contributed by atoms with Crippen molar-refractivity contribution in [1.82, 2.24) is 14.9 Å². The number of hydrogen-bond donors (Lipinski definition) is 0. The van der Waals surface area contributed by atoms with Gasteiger partial charge in [0.25, 0.3) is 0 Å². The second-order valence-electron chi connectivity index (χ2n) is 8.10. The molecule has 0 aliphatic carbocycles. The Morgan fingerprint density at radius 3 is 2.57 bits per heavy atom. The molecule has 0 saturated heterocycles. The maximum atomic E-state index is 12.3. The van der Waals surface area contributed by atoms with E-state index in [1.165, 1.54) is 0 Å². The lowest BCUT2D eigenvalue weighted by molar-refractivity contribution is 0.0306. The molecule has 2 heterocycles. The highest BCUT2D eigenvalue weighted by Crippen LogP contribution is 2.24. The third-order valence-corrected chi connectivity index (χ3v) is 4.60. The molecule has 30 heavy (non-hydrogen) atoms. The standard InChI is InChI=1S/C23H29N3O4/c1-6-17-13-24-20(18-11-12-26(14-18)22(27)30-23(2,3)4)25-21(17)29-15-16-7-9-19(28-5)10-8-16/h7-11,13H,6,12,14-15H2,1-5H3. The number of rotatable bonds is 6. The van der Waals surface area contributed by atoms with Crippen LogP contribution in [-0.2, 0) is 17.8 Å². The van der Waals surface area contributed by atoms with E-state index in [9.17, 15) is 4.79 Å². The zero-order valence-corrected chi connectivity index (χ0v) is 18.3. The summed E-state index contributed by atoms with van der Waals surface area (Å²) in [6, 6.07) is 7.73. The Kier molecular flexibility index (Phi) is 6.59. The Morgan fingerprint density at radius 1 is 1.20 bits per heavy atom. The van der Waals surface area contributed by atoms with E-state index in [0.29, 0.717) is 31.4 Å². The van der Waals surface area contributed by atoms with Crippen LogP contribution in [0.25, 0.3) is 5.57 Å². The molecule has 1 amide bonds. The Balaban J connectivity index is 1.69. The van der Waals surface area contributed by atoms with Gasteiger partial charge >= 0.3 is 6.09 Å². The largest absolute Gasteiger partial charge is 0.497 e. The van der Waals surface area contributed by atoms with Gasteiger partial charge in [-0.15, -0.1) is 0 Å². The Bertz CT molecular complexity index is 917. The summed E-state index contributed by atoms with van der Waals surface area (Å²) in [7, 11) is 1.64. The Labute approximate surface area is 177 Å². The lowest BCUT2D eigenvalue weighted by atomic mass is 10.2. The van der Waals surface area contributed by atoms with Crippen LogP contribution in [0, 0.1) is 0 Å². The van der Waals surface area contributed by atoms with E-state index in [0.717, 1.165) is 28.9 Å². The van der Waals surface area contributed by atoms with Crippen molar-refractivity contribution in [1.29, 1.82) is 0 Å². The fraction of sp³-hybridized carbons (Fsp3) is 0.435. The summed E-state index contributed by atoms with van der Waals surface area (Å²) in [5.74, 6) is 1.94. The van der Waals surface area contributed by atoms with Gasteiger partial charge in [0.1, 0.15) is 18.0 Å². The van der Waals surface area contributed by atoms with Crippen LogP contribution in [0.5, 0.6) is 11.6 Å². The topological polar surface area (TPSA) is 73.8 Å². The van der Waals surface area contributed by atoms with Crippen LogP contribution in [0.15, 0.2) is 36.5 Å². The molecular formula is C23H29N3O4. The number of aromatic nitrogens is 2. The zero-order chi connectivity index (χ0) is 21.7. The van der Waals surface area contributed by atoms with Gasteiger partial charge in [-0.1, -0.05) is 25.1 Å². The van der Waals surface area contributed by atoms with E-state index >= 15 is 0 Å². The number of ether oxygens (including phenoxy) is 3. The Hall–Kier alpha value is -3.09. The molecule has 0 unspecified atom stereocenters. The maximum absolute atomic E-state index is 12.3. The quantitative estimate of drug-likeness (QED) is 0.707. The van der Waals surface area contributed by atoms with E-state index in [1.54, 1.807) is 18.2 Å². The average molecular weight is 412 g/mol. The van der Waals surface area contributed by atoms with Gasteiger partial charge in [0.2, 0.25) is 5.88 Å². The molecule has 1 aliphatic rings. The minimum Gasteiger partial charge on any atom is -0.497 e. The fourth-order valence-corrected chi connectivity index (χ4v) is 2.97. The van der Waals surface area contributed by atoms with Gasteiger partial charge in [-0.2, -0.15) is 4.98 Å². The SMILES string of the molecule is CCc1cnc(C2=CCN(C(=O)OC(C)(C)C)C2)nc1OCc1ccc(OC)cc1. The average Bonchev–Trinajstić information content (AvgIpc) is 3.22. The van der Waals surface area contributed by atoms with Crippen LogP contribution >= 0.6 is 0 Å². The monoisotopic (exact) mass is 411 g/mol. The molecule has 0 atom stereocenters. The normalized spacial score (nSPS) is 13.8. The first-order chi connectivity index (χ1) is 14.3. The summed E-state index contributed by atoms with van der Waals surface area (Å²) in [5, 5.41) is 0. The summed E-state index contributed by atoms with van der Waals surface area (Å²) in [6.07, 6.45) is 4.18. The van der Waals surface area contributed by atoms with Crippen molar-refractivity contribution in [3.63, 3.8) is 0 Å². The first-order valence-corrected chi connectivity index (χ1v) is 10.1. The molecule has 1 aromatic carbocycles. The summed E-state index contributed by atoms with van der Waals surface area (Å²) in [4.78, 5) is 23.1. The van der Waals surface area contributed by atoms with Crippen molar-refractivity contribution >= 4 is 11.7 Å². The summed E-state index contributed by atoms with van der Waals surface area (Å²) in [6.45, 7) is 8.90. The number of benzene rings is 1. The number of hydrogen-bond acceptors (Lipinski definition) is 6. The minimum atomic E-state index is -0.526. The van der Waals surface area contributed by atoms with Crippen molar-refractivity contribution in [2.24, 2.45) is 0 Å². The molecule has 0 spiro atoms. The summed E-state index contributed by atoms with van der Waals surface area (Å²) < 4.78 is 16.6. The number of methoxy groups -OCH3 is 1. The molecule has 1 aliphatic heterocycles. The molecule has 1 aromatic heterocycles. The molecule has 0 radical (unpaired) electrons. The first-order valence-electron chi connectivity index (χ1n) is 10.1. The predicted molar refractivity (Wildman–Crippen MR) is 115 cm³/mol. The van der Waals surface area contributed by atoms with Crippen LogP contribution in [-0.4, -0.2) is 46.8 Å². The number of nitrogens with zero attached hydrogens (tertiary/aromatic N) is 3.